The van der Waals surface area contributed by atoms with E-state index in [0.717, 1.165) is 11.6 Å². The largest absolute Gasteiger partial charge is 0.508 e. The van der Waals surface area contributed by atoms with Crippen molar-refractivity contribution in [3.63, 3.8) is 0 Å². The molecular weight excluding hydrogens is 598 g/mol. The minimum absolute atomic E-state index is 0.00519. The van der Waals surface area contributed by atoms with Crippen molar-refractivity contribution in [3.05, 3.63) is 58.7 Å². The second-order valence-electron chi connectivity index (χ2n) is 13.0. The first-order valence-electron chi connectivity index (χ1n) is 15.5. The Labute approximate surface area is 269 Å². The number of esters is 1. The summed E-state index contributed by atoms with van der Waals surface area (Å²) in [5.41, 5.74) is 1.00. The van der Waals surface area contributed by atoms with Crippen molar-refractivity contribution in [2.75, 3.05) is 14.2 Å². The molecule has 2 aliphatic rings. The third-order valence-corrected chi connectivity index (χ3v) is 9.75. The monoisotopic (exact) mass is 645 g/mol. The van der Waals surface area contributed by atoms with Gasteiger partial charge in [-0.2, -0.15) is 0 Å². The van der Waals surface area contributed by atoms with E-state index in [1.807, 2.05) is 44.2 Å². The number of aromatic hydroxyl groups is 2. The molecule has 12 nitrogen and oxygen atoms in total. The van der Waals surface area contributed by atoms with Gasteiger partial charge in [0, 0.05) is 57.3 Å². The Hall–Kier alpha value is -3.26. The Morgan fingerprint density at radius 2 is 1.76 bits per heavy atom. The summed E-state index contributed by atoms with van der Waals surface area (Å²) in [6, 6.07) is 10.4. The number of hydrogen-bond acceptors (Lipinski definition) is 11. The molecule has 254 valence electrons. The third-order valence-electron chi connectivity index (χ3n) is 9.75. The number of cyclic esters (lactones) is 1. The maximum absolute atomic E-state index is 13.1. The molecule has 1 fully saturated rings. The summed E-state index contributed by atoms with van der Waals surface area (Å²) in [5, 5.41) is 56.4. The molecule has 46 heavy (non-hydrogen) atoms. The van der Waals surface area contributed by atoms with Crippen molar-refractivity contribution in [3.8, 4) is 11.5 Å². The van der Waals surface area contributed by atoms with Crippen molar-refractivity contribution in [2.45, 2.75) is 102 Å². The Morgan fingerprint density at radius 3 is 2.39 bits per heavy atom. The van der Waals surface area contributed by atoms with Crippen LogP contribution in [0.25, 0.3) is 0 Å². The highest BCUT2D eigenvalue weighted by Gasteiger charge is 2.48. The first kappa shape index (κ1) is 35.6. The molecule has 4 rings (SSSR count). The van der Waals surface area contributed by atoms with E-state index in [4.69, 9.17) is 18.9 Å². The fourth-order valence-corrected chi connectivity index (χ4v) is 6.31. The minimum Gasteiger partial charge on any atom is -0.508 e. The van der Waals surface area contributed by atoms with Crippen LogP contribution in [0.1, 0.15) is 60.7 Å². The van der Waals surface area contributed by atoms with Gasteiger partial charge in [-0.3, -0.25) is 4.79 Å². The molecule has 1 saturated heterocycles. The first-order chi connectivity index (χ1) is 21.7. The number of ether oxygens (including phenoxy) is 4. The van der Waals surface area contributed by atoms with Crippen LogP contribution in [0.4, 0.5) is 0 Å². The van der Waals surface area contributed by atoms with Crippen molar-refractivity contribution in [1.29, 1.82) is 0 Å². The number of fused-ring (bicyclic) bond motifs is 1. The first-order valence-corrected chi connectivity index (χ1v) is 15.5. The second kappa shape index (κ2) is 14.7. The Morgan fingerprint density at radius 1 is 1.09 bits per heavy atom. The molecule has 0 unspecified atom stereocenters. The predicted molar refractivity (Wildman–Crippen MR) is 166 cm³/mol. The van der Waals surface area contributed by atoms with Crippen LogP contribution < -0.4 is 5.32 Å². The Bertz CT molecular complexity index is 1370. The van der Waals surface area contributed by atoms with Crippen LogP contribution in [-0.2, 0) is 36.6 Å². The van der Waals surface area contributed by atoms with E-state index >= 15 is 0 Å². The highest BCUT2D eigenvalue weighted by atomic mass is 16.6. The number of aliphatic hydroxyl groups is 3. The van der Waals surface area contributed by atoms with E-state index < -0.39 is 72.2 Å². The zero-order valence-corrected chi connectivity index (χ0v) is 27.2. The highest BCUT2D eigenvalue weighted by Crippen LogP contribution is 2.42. The summed E-state index contributed by atoms with van der Waals surface area (Å²) < 4.78 is 23.0. The number of hydrogen-bond donors (Lipinski definition) is 6. The molecule has 0 aromatic heterocycles. The summed E-state index contributed by atoms with van der Waals surface area (Å²) in [7, 11) is 2.79. The van der Waals surface area contributed by atoms with E-state index in [-0.39, 0.29) is 36.3 Å². The van der Waals surface area contributed by atoms with Gasteiger partial charge in [-0.1, -0.05) is 51.1 Å². The summed E-state index contributed by atoms with van der Waals surface area (Å²) in [4.78, 5) is 25.9. The average molecular weight is 646 g/mol. The molecule has 0 aliphatic carbocycles. The summed E-state index contributed by atoms with van der Waals surface area (Å²) in [6.07, 6.45) is -6.91. The molecule has 2 heterocycles. The summed E-state index contributed by atoms with van der Waals surface area (Å²) in [5.74, 6) is -2.56. The van der Waals surface area contributed by atoms with Gasteiger partial charge in [0.25, 0.3) is 5.91 Å². The SMILES string of the molecule is CO[C@@H](Cc1ccccc1)[C@H](O)C(=O)N[C@H](OC)[C@@H]1C[C@@H](O)C(C)(C)[C@@H](C[C@H](O)[C@@H](C)[C@H]2Cc3c(C)c(O)cc(O)c3C(=O)O2)O1. The van der Waals surface area contributed by atoms with Gasteiger partial charge in [0.05, 0.1) is 24.4 Å². The van der Waals surface area contributed by atoms with Gasteiger partial charge in [0.1, 0.15) is 29.3 Å². The van der Waals surface area contributed by atoms with Gasteiger partial charge < -0.3 is 49.8 Å². The van der Waals surface area contributed by atoms with Crippen LogP contribution in [0.15, 0.2) is 36.4 Å². The fourth-order valence-electron chi connectivity index (χ4n) is 6.31. The topological polar surface area (TPSA) is 184 Å². The van der Waals surface area contributed by atoms with E-state index in [1.54, 1.807) is 13.8 Å². The third kappa shape index (κ3) is 7.48. The van der Waals surface area contributed by atoms with Crippen LogP contribution in [0, 0.1) is 18.3 Å². The number of nitrogens with one attached hydrogen (secondary N) is 1. The molecule has 0 spiro atoms. The smallest absolute Gasteiger partial charge is 0.342 e. The second-order valence-corrected chi connectivity index (χ2v) is 13.0. The number of rotatable bonds is 12. The van der Waals surface area contributed by atoms with Gasteiger partial charge in [0.15, 0.2) is 12.3 Å². The zero-order valence-electron chi connectivity index (χ0n) is 27.2. The van der Waals surface area contributed by atoms with Crippen molar-refractivity contribution < 1.29 is 54.1 Å². The van der Waals surface area contributed by atoms with Crippen LogP contribution in [0.5, 0.6) is 11.5 Å². The fraction of sp³-hybridized carbons (Fsp3) is 0.588. The number of methoxy groups -OCH3 is 2. The van der Waals surface area contributed by atoms with E-state index in [2.05, 4.69) is 5.32 Å². The average Bonchev–Trinajstić information content (AvgIpc) is 3.02. The lowest BCUT2D eigenvalue weighted by Crippen LogP contribution is -2.59. The van der Waals surface area contributed by atoms with Crippen LogP contribution in [0.3, 0.4) is 0 Å². The zero-order chi connectivity index (χ0) is 33.9. The molecule has 6 N–H and O–H groups in total. The van der Waals surface area contributed by atoms with Crippen molar-refractivity contribution >= 4 is 11.9 Å². The summed E-state index contributed by atoms with van der Waals surface area (Å²) in [6.45, 7) is 7.01. The molecule has 12 heteroatoms. The molecular formula is C34H47NO11. The van der Waals surface area contributed by atoms with Crippen molar-refractivity contribution in [2.24, 2.45) is 11.3 Å². The lowest BCUT2D eigenvalue weighted by Gasteiger charge is -2.48. The minimum atomic E-state index is -1.51. The van der Waals surface area contributed by atoms with Gasteiger partial charge >= 0.3 is 5.97 Å². The van der Waals surface area contributed by atoms with Gasteiger partial charge in [-0.25, -0.2) is 4.79 Å². The van der Waals surface area contributed by atoms with E-state index in [1.165, 1.54) is 14.2 Å². The molecule has 2 aliphatic heterocycles. The normalized spacial score (nSPS) is 25.8. The number of carbonyl (C=O) groups is 2. The standard InChI is InChI=1S/C34H47NO11/c1-17-20-13-24(46-33(42)29(20)23(38)14-21(17)36)18(2)22(37)15-28-34(3,4)27(39)16-26(45-28)32(44-6)35-31(41)30(40)25(43-5)12-19-10-8-7-9-11-19/h7-11,14,18,22,24-28,30,32,36-40H,12-13,15-16H2,1-6H3,(H,35,41)/t18-,22+,24-,25+,26+,27-,28-,30+,32-/m1/s1. The molecule has 0 bridgehead atoms. The number of benzene rings is 2. The molecule has 1 amide bonds. The molecule has 9 atom stereocenters. The predicted octanol–water partition coefficient (Wildman–Crippen LogP) is 2.13. The molecule has 2 aromatic carbocycles. The van der Waals surface area contributed by atoms with E-state index in [0.29, 0.717) is 17.5 Å². The lowest BCUT2D eigenvalue weighted by molar-refractivity contribution is -0.217. The Kier molecular flexibility index (Phi) is 11.3. The lowest BCUT2D eigenvalue weighted by atomic mass is 9.73. The molecule has 2 aromatic rings. The van der Waals surface area contributed by atoms with Gasteiger partial charge in [0.2, 0.25) is 0 Å². The van der Waals surface area contributed by atoms with Gasteiger partial charge in [-0.05, 0) is 23.6 Å². The van der Waals surface area contributed by atoms with Crippen LogP contribution in [-0.4, -0.2) is 101 Å². The number of amides is 1. The van der Waals surface area contributed by atoms with Crippen LogP contribution in [0.2, 0.25) is 0 Å². The number of phenolic OH excluding ortho intramolecular Hbond substituents is 2. The maximum atomic E-state index is 13.1. The number of aliphatic hydroxyl groups excluding tert-OH is 3. The van der Waals surface area contributed by atoms with Crippen molar-refractivity contribution in [1.82, 2.24) is 5.32 Å². The number of phenols is 2. The van der Waals surface area contributed by atoms with Crippen LogP contribution >= 0.6 is 0 Å². The Balaban J connectivity index is 1.43. The molecule has 0 saturated carbocycles. The van der Waals surface area contributed by atoms with E-state index in [9.17, 15) is 35.1 Å². The quantitative estimate of drug-likeness (QED) is 0.147. The summed E-state index contributed by atoms with van der Waals surface area (Å²) >= 11 is 0. The maximum Gasteiger partial charge on any atom is 0.342 e. The van der Waals surface area contributed by atoms with Gasteiger partial charge in [-0.15, -0.1) is 0 Å². The number of carbonyl (C=O) groups excluding carboxylic acids is 2. The molecule has 0 radical (unpaired) electrons. The highest BCUT2D eigenvalue weighted by molar-refractivity contribution is 5.96.